The zero-order valence-electron chi connectivity index (χ0n) is 14.5. The van der Waals surface area contributed by atoms with Gasteiger partial charge in [0.2, 0.25) is 5.91 Å². The first-order chi connectivity index (χ1) is 11.0. The number of likely N-dealkylation sites (tertiary alicyclic amines) is 1. The molecule has 0 unspecified atom stereocenters. The second-order valence-electron chi connectivity index (χ2n) is 6.45. The van der Waals surface area contributed by atoms with E-state index in [1.807, 2.05) is 36.1 Å². The van der Waals surface area contributed by atoms with Crippen molar-refractivity contribution in [3.8, 4) is 0 Å². The van der Waals surface area contributed by atoms with E-state index in [1.165, 1.54) is 0 Å². The number of amides is 2. The number of nitrogens with zero attached hydrogens (tertiary/aromatic N) is 1. The van der Waals surface area contributed by atoms with E-state index in [9.17, 15) is 9.59 Å². The Kier molecular flexibility index (Phi) is 6.20. The smallest absolute Gasteiger partial charge is 0.253 e. The van der Waals surface area contributed by atoms with Crippen molar-refractivity contribution < 1.29 is 9.59 Å². The van der Waals surface area contributed by atoms with E-state index in [1.54, 1.807) is 0 Å². The third-order valence-corrected chi connectivity index (χ3v) is 4.78. The van der Waals surface area contributed by atoms with E-state index in [0.29, 0.717) is 13.1 Å². The van der Waals surface area contributed by atoms with Crippen molar-refractivity contribution in [2.24, 2.45) is 5.92 Å². The van der Waals surface area contributed by atoms with Gasteiger partial charge in [-0.1, -0.05) is 31.5 Å². The maximum absolute atomic E-state index is 12.5. The number of hydrogen-bond acceptors (Lipinski definition) is 2. The van der Waals surface area contributed by atoms with E-state index >= 15 is 0 Å². The van der Waals surface area contributed by atoms with Crippen LogP contribution in [0.1, 0.15) is 55.5 Å². The molecule has 0 saturated carbocycles. The van der Waals surface area contributed by atoms with Crippen LogP contribution in [0, 0.1) is 12.8 Å². The van der Waals surface area contributed by atoms with Gasteiger partial charge in [0.15, 0.2) is 0 Å². The number of piperidine rings is 1. The molecular weight excluding hydrogens is 288 g/mol. The summed E-state index contributed by atoms with van der Waals surface area (Å²) in [4.78, 5) is 26.5. The Bertz CT molecular complexity index is 527. The second-order valence-corrected chi connectivity index (χ2v) is 6.45. The summed E-state index contributed by atoms with van der Waals surface area (Å²) in [5.74, 6) is 0.371. The summed E-state index contributed by atoms with van der Waals surface area (Å²) in [5, 5.41) is 3.15. The number of nitrogens with one attached hydrogen (secondary N) is 1. The van der Waals surface area contributed by atoms with Gasteiger partial charge in [-0.05, 0) is 44.7 Å². The molecule has 1 aromatic carbocycles. The first kappa shape index (κ1) is 17.5. The van der Waals surface area contributed by atoms with Gasteiger partial charge in [-0.25, -0.2) is 0 Å². The van der Waals surface area contributed by atoms with Gasteiger partial charge in [-0.15, -0.1) is 0 Å². The molecule has 1 heterocycles. The minimum atomic E-state index is 0.0924. The maximum Gasteiger partial charge on any atom is 0.253 e. The van der Waals surface area contributed by atoms with Crippen LogP contribution in [0.15, 0.2) is 24.3 Å². The molecule has 4 nitrogen and oxygen atoms in total. The van der Waals surface area contributed by atoms with Gasteiger partial charge in [0, 0.05) is 30.6 Å². The summed E-state index contributed by atoms with van der Waals surface area (Å²) >= 11 is 0. The minimum Gasteiger partial charge on any atom is -0.353 e. The van der Waals surface area contributed by atoms with Crippen LogP contribution in [-0.2, 0) is 4.79 Å². The van der Waals surface area contributed by atoms with Crippen molar-refractivity contribution in [2.75, 3.05) is 13.1 Å². The number of hydrogen-bond donors (Lipinski definition) is 1. The van der Waals surface area contributed by atoms with Gasteiger partial charge in [0.25, 0.3) is 5.91 Å². The second kappa shape index (κ2) is 8.14. The van der Waals surface area contributed by atoms with Gasteiger partial charge in [0.05, 0.1) is 0 Å². The van der Waals surface area contributed by atoms with Crippen molar-refractivity contribution in [1.82, 2.24) is 10.2 Å². The number of carbonyl (C=O) groups excluding carboxylic acids is 2. The summed E-state index contributed by atoms with van der Waals surface area (Å²) in [6.45, 7) is 7.54. The van der Waals surface area contributed by atoms with Gasteiger partial charge in [-0.3, -0.25) is 9.59 Å². The molecule has 0 radical (unpaired) electrons. The van der Waals surface area contributed by atoms with Crippen molar-refractivity contribution in [3.05, 3.63) is 35.4 Å². The zero-order chi connectivity index (χ0) is 16.8. The van der Waals surface area contributed by atoms with Gasteiger partial charge >= 0.3 is 0 Å². The molecule has 1 aliphatic heterocycles. The number of carbonyl (C=O) groups is 2. The predicted octanol–water partition coefficient (Wildman–Crippen LogP) is 3.15. The quantitative estimate of drug-likeness (QED) is 0.907. The van der Waals surface area contributed by atoms with Crippen LogP contribution in [0.5, 0.6) is 0 Å². The lowest BCUT2D eigenvalue weighted by molar-refractivity contribution is -0.126. The molecule has 1 N–H and O–H groups in total. The topological polar surface area (TPSA) is 49.4 Å². The Balaban J connectivity index is 1.85. The third-order valence-electron chi connectivity index (χ3n) is 4.78. The molecule has 126 valence electrons. The van der Waals surface area contributed by atoms with Crippen LogP contribution in [0.3, 0.4) is 0 Å². The summed E-state index contributed by atoms with van der Waals surface area (Å²) < 4.78 is 0. The normalized spacial score (nSPS) is 15.7. The third kappa shape index (κ3) is 4.57. The first-order valence-electron chi connectivity index (χ1n) is 8.71. The van der Waals surface area contributed by atoms with Crippen molar-refractivity contribution >= 4 is 11.8 Å². The monoisotopic (exact) mass is 316 g/mol. The maximum atomic E-state index is 12.5. The molecule has 0 aliphatic carbocycles. The van der Waals surface area contributed by atoms with E-state index < -0.39 is 0 Å². The van der Waals surface area contributed by atoms with Gasteiger partial charge in [0.1, 0.15) is 0 Å². The molecule has 2 amide bonds. The van der Waals surface area contributed by atoms with Crippen molar-refractivity contribution in [1.29, 1.82) is 0 Å². The molecule has 0 bridgehead atoms. The molecular formula is C19H28N2O2. The highest BCUT2D eigenvalue weighted by molar-refractivity contribution is 5.94. The highest BCUT2D eigenvalue weighted by atomic mass is 16.2. The standard InChI is InChI=1S/C19H28N2O2/c1-4-15(5-2)18(22)20-17-10-12-21(13-11-17)19(23)16-8-6-14(3)7-9-16/h6-9,15,17H,4-5,10-13H2,1-3H3,(H,20,22). The largest absolute Gasteiger partial charge is 0.353 e. The lowest BCUT2D eigenvalue weighted by Gasteiger charge is -2.33. The van der Waals surface area contributed by atoms with E-state index in [4.69, 9.17) is 0 Å². The number of aryl methyl sites for hydroxylation is 1. The molecule has 1 aliphatic rings. The first-order valence-corrected chi connectivity index (χ1v) is 8.71. The fourth-order valence-electron chi connectivity index (χ4n) is 3.08. The van der Waals surface area contributed by atoms with E-state index in [2.05, 4.69) is 19.2 Å². The molecule has 2 rings (SSSR count). The van der Waals surface area contributed by atoms with Gasteiger partial charge in [-0.2, -0.15) is 0 Å². The average Bonchev–Trinajstić information content (AvgIpc) is 2.57. The molecule has 23 heavy (non-hydrogen) atoms. The van der Waals surface area contributed by atoms with Crippen molar-refractivity contribution in [2.45, 2.75) is 52.5 Å². The summed E-state index contributed by atoms with van der Waals surface area (Å²) in [6.07, 6.45) is 3.44. The summed E-state index contributed by atoms with van der Waals surface area (Å²) in [5.41, 5.74) is 1.90. The minimum absolute atomic E-state index is 0.0924. The summed E-state index contributed by atoms with van der Waals surface area (Å²) in [7, 11) is 0. The fourth-order valence-corrected chi connectivity index (χ4v) is 3.08. The van der Waals surface area contributed by atoms with Crippen LogP contribution >= 0.6 is 0 Å². The van der Waals surface area contributed by atoms with E-state index in [0.717, 1.165) is 36.8 Å². The molecule has 0 atom stereocenters. The SMILES string of the molecule is CCC(CC)C(=O)NC1CCN(C(=O)c2ccc(C)cc2)CC1. The van der Waals surface area contributed by atoms with E-state index in [-0.39, 0.29) is 23.8 Å². The average molecular weight is 316 g/mol. The molecule has 1 saturated heterocycles. The zero-order valence-corrected chi connectivity index (χ0v) is 14.5. The molecule has 0 aromatic heterocycles. The fraction of sp³-hybridized carbons (Fsp3) is 0.579. The lowest BCUT2D eigenvalue weighted by Crippen LogP contribution is -2.47. The Labute approximate surface area is 139 Å². The number of benzene rings is 1. The van der Waals surface area contributed by atoms with Crippen LogP contribution in [0.4, 0.5) is 0 Å². The Morgan fingerprint density at radius 3 is 2.22 bits per heavy atom. The Morgan fingerprint density at radius 2 is 1.70 bits per heavy atom. The van der Waals surface area contributed by atoms with Crippen molar-refractivity contribution in [3.63, 3.8) is 0 Å². The Hall–Kier alpha value is -1.84. The molecule has 0 spiro atoms. The van der Waals surface area contributed by atoms with Crippen LogP contribution in [0.25, 0.3) is 0 Å². The highest BCUT2D eigenvalue weighted by Gasteiger charge is 2.25. The molecule has 4 heteroatoms. The van der Waals surface area contributed by atoms with Crippen LogP contribution in [-0.4, -0.2) is 35.8 Å². The van der Waals surface area contributed by atoms with Crippen LogP contribution in [0.2, 0.25) is 0 Å². The predicted molar refractivity (Wildman–Crippen MR) is 92.3 cm³/mol. The Morgan fingerprint density at radius 1 is 1.13 bits per heavy atom. The molecule has 1 fully saturated rings. The molecule has 1 aromatic rings. The number of rotatable bonds is 5. The lowest BCUT2D eigenvalue weighted by atomic mass is 9.99. The summed E-state index contributed by atoms with van der Waals surface area (Å²) in [6, 6.07) is 7.91. The highest BCUT2D eigenvalue weighted by Crippen LogP contribution is 2.16. The van der Waals surface area contributed by atoms with Gasteiger partial charge < -0.3 is 10.2 Å². The van der Waals surface area contributed by atoms with Crippen LogP contribution < -0.4 is 5.32 Å².